The summed E-state index contributed by atoms with van der Waals surface area (Å²) in [4.78, 5) is 25.0. The maximum absolute atomic E-state index is 13.4. The highest BCUT2D eigenvalue weighted by Gasteiger charge is 2.68. The number of ether oxygens (including phenoxy) is 1. The van der Waals surface area contributed by atoms with Gasteiger partial charge in [0.25, 0.3) is 5.91 Å². The Bertz CT molecular complexity index is 855. The molecule has 0 radical (unpaired) electrons. The zero-order valence-electron chi connectivity index (χ0n) is 19.0. The van der Waals surface area contributed by atoms with Crippen molar-refractivity contribution in [2.75, 3.05) is 13.2 Å². The average Bonchev–Trinajstić information content (AvgIpc) is 3.21. The van der Waals surface area contributed by atoms with E-state index in [1.54, 1.807) is 12.1 Å². The fourth-order valence-electron chi connectivity index (χ4n) is 6.56. The standard InChI is InChI=1S/C25H35FN2O3/c1-15(2)21(29)28-23-24(3,4)17-13-19-20(31-11-9-25(19,23)14-17)8-10-27-22(30)16-6-5-7-18(26)12-16/h5-7,12,15,17,19-20,23H,8-11,13-14H2,1-4H3,(H,27,30)(H,28,29)/t17-,19-,20-,23+,25-/m1/s1. The molecule has 1 heterocycles. The summed E-state index contributed by atoms with van der Waals surface area (Å²) in [6.45, 7) is 9.67. The van der Waals surface area contributed by atoms with E-state index < -0.39 is 5.82 Å². The van der Waals surface area contributed by atoms with E-state index >= 15 is 0 Å². The lowest BCUT2D eigenvalue weighted by atomic mass is 9.59. The minimum atomic E-state index is -0.413. The molecule has 3 fully saturated rings. The molecule has 2 saturated carbocycles. The van der Waals surface area contributed by atoms with Gasteiger partial charge in [0.2, 0.25) is 5.91 Å². The second-order valence-electron chi connectivity index (χ2n) is 10.6. The molecule has 31 heavy (non-hydrogen) atoms. The Kier molecular flexibility index (Phi) is 5.88. The van der Waals surface area contributed by atoms with E-state index in [0.29, 0.717) is 30.6 Å². The fourth-order valence-corrected chi connectivity index (χ4v) is 6.56. The van der Waals surface area contributed by atoms with Crippen LogP contribution in [0.3, 0.4) is 0 Å². The summed E-state index contributed by atoms with van der Waals surface area (Å²) in [6.07, 6.45) is 4.03. The van der Waals surface area contributed by atoms with Crippen molar-refractivity contribution >= 4 is 11.8 Å². The van der Waals surface area contributed by atoms with Crippen LogP contribution in [0.5, 0.6) is 0 Å². The van der Waals surface area contributed by atoms with Crippen molar-refractivity contribution in [2.45, 2.75) is 65.5 Å². The summed E-state index contributed by atoms with van der Waals surface area (Å²) >= 11 is 0. The molecule has 2 bridgehead atoms. The quantitative estimate of drug-likeness (QED) is 0.719. The van der Waals surface area contributed by atoms with Crippen LogP contribution >= 0.6 is 0 Å². The van der Waals surface area contributed by atoms with E-state index in [4.69, 9.17) is 4.74 Å². The van der Waals surface area contributed by atoms with Crippen molar-refractivity contribution in [2.24, 2.45) is 28.6 Å². The first-order valence-corrected chi connectivity index (χ1v) is 11.6. The lowest BCUT2D eigenvalue weighted by molar-refractivity contribution is -0.138. The van der Waals surface area contributed by atoms with Gasteiger partial charge >= 0.3 is 0 Å². The molecule has 1 aliphatic heterocycles. The normalized spacial score (nSPS) is 33.2. The van der Waals surface area contributed by atoms with Gasteiger partial charge in [0, 0.05) is 30.7 Å². The minimum absolute atomic E-state index is 0.0292. The molecule has 0 aromatic heterocycles. The van der Waals surface area contributed by atoms with Crippen LogP contribution in [-0.4, -0.2) is 37.1 Å². The Morgan fingerprint density at radius 1 is 1.29 bits per heavy atom. The lowest BCUT2D eigenvalue weighted by Gasteiger charge is -2.53. The Morgan fingerprint density at radius 2 is 2.06 bits per heavy atom. The first kappa shape index (κ1) is 22.3. The summed E-state index contributed by atoms with van der Waals surface area (Å²) in [5, 5.41) is 6.33. The van der Waals surface area contributed by atoms with Gasteiger partial charge < -0.3 is 15.4 Å². The van der Waals surface area contributed by atoms with E-state index in [1.165, 1.54) is 12.1 Å². The van der Waals surface area contributed by atoms with Gasteiger partial charge in [0.05, 0.1) is 6.10 Å². The molecule has 170 valence electrons. The second-order valence-corrected chi connectivity index (χ2v) is 10.6. The molecule has 1 spiro atoms. The summed E-state index contributed by atoms with van der Waals surface area (Å²) in [5.41, 5.74) is 0.488. The van der Waals surface area contributed by atoms with E-state index in [9.17, 15) is 14.0 Å². The van der Waals surface area contributed by atoms with Gasteiger partial charge in [0.1, 0.15) is 5.82 Å². The van der Waals surface area contributed by atoms with Gasteiger partial charge in [-0.25, -0.2) is 4.39 Å². The highest BCUT2D eigenvalue weighted by atomic mass is 19.1. The topological polar surface area (TPSA) is 67.4 Å². The number of amides is 2. The van der Waals surface area contributed by atoms with Gasteiger partial charge in [0.15, 0.2) is 0 Å². The summed E-state index contributed by atoms with van der Waals surface area (Å²) in [5.74, 6) is 0.386. The molecular weight excluding hydrogens is 395 g/mol. The van der Waals surface area contributed by atoms with Crippen molar-refractivity contribution in [1.29, 1.82) is 0 Å². The van der Waals surface area contributed by atoms with Gasteiger partial charge in [-0.2, -0.15) is 0 Å². The number of carbonyl (C=O) groups is 2. The number of halogens is 1. The van der Waals surface area contributed by atoms with E-state index in [1.807, 2.05) is 13.8 Å². The van der Waals surface area contributed by atoms with Crippen LogP contribution in [0.4, 0.5) is 4.39 Å². The zero-order chi connectivity index (χ0) is 22.4. The number of hydrogen-bond acceptors (Lipinski definition) is 3. The summed E-state index contributed by atoms with van der Waals surface area (Å²) in [7, 11) is 0. The van der Waals surface area contributed by atoms with Crippen LogP contribution in [-0.2, 0) is 9.53 Å². The van der Waals surface area contributed by atoms with Crippen molar-refractivity contribution in [3.8, 4) is 0 Å². The smallest absolute Gasteiger partial charge is 0.251 e. The van der Waals surface area contributed by atoms with Crippen LogP contribution < -0.4 is 10.6 Å². The Balaban J connectivity index is 1.43. The van der Waals surface area contributed by atoms with Crippen LogP contribution in [0.15, 0.2) is 24.3 Å². The van der Waals surface area contributed by atoms with Gasteiger partial charge in [-0.05, 0) is 66.5 Å². The highest BCUT2D eigenvalue weighted by molar-refractivity contribution is 5.94. The number of carbonyl (C=O) groups excluding carboxylic acids is 2. The van der Waals surface area contributed by atoms with Gasteiger partial charge in [-0.1, -0.05) is 33.8 Å². The lowest BCUT2D eigenvalue weighted by Crippen LogP contribution is -2.60. The molecule has 0 unspecified atom stereocenters. The van der Waals surface area contributed by atoms with E-state index in [0.717, 1.165) is 25.7 Å². The average molecular weight is 431 g/mol. The van der Waals surface area contributed by atoms with E-state index in [2.05, 4.69) is 24.5 Å². The first-order valence-electron chi connectivity index (χ1n) is 11.6. The maximum Gasteiger partial charge on any atom is 0.251 e. The van der Waals surface area contributed by atoms with Crippen LogP contribution in [0.1, 0.15) is 63.7 Å². The largest absolute Gasteiger partial charge is 0.378 e. The molecule has 1 saturated heterocycles. The molecular formula is C25H35FN2O3. The van der Waals surface area contributed by atoms with E-state index in [-0.39, 0.29) is 40.7 Å². The van der Waals surface area contributed by atoms with Crippen molar-refractivity contribution in [3.05, 3.63) is 35.6 Å². The number of benzene rings is 1. The number of fused-ring (bicyclic) bond motifs is 1. The molecule has 2 aliphatic carbocycles. The minimum Gasteiger partial charge on any atom is -0.378 e. The molecule has 4 rings (SSSR count). The fraction of sp³-hybridized carbons (Fsp3) is 0.680. The second kappa shape index (κ2) is 8.19. The molecule has 5 nitrogen and oxygen atoms in total. The van der Waals surface area contributed by atoms with Gasteiger partial charge in [-0.3, -0.25) is 9.59 Å². The van der Waals surface area contributed by atoms with Crippen LogP contribution in [0.2, 0.25) is 0 Å². The third kappa shape index (κ3) is 3.88. The molecule has 2 N–H and O–H groups in total. The summed E-state index contributed by atoms with van der Waals surface area (Å²) < 4.78 is 19.6. The van der Waals surface area contributed by atoms with Crippen molar-refractivity contribution in [1.82, 2.24) is 10.6 Å². The molecule has 6 heteroatoms. The molecule has 2 amide bonds. The Hall–Kier alpha value is -1.95. The van der Waals surface area contributed by atoms with Crippen LogP contribution in [0, 0.1) is 34.4 Å². The Labute approximate surface area is 184 Å². The predicted octanol–water partition coefficient (Wildman–Crippen LogP) is 3.93. The molecule has 3 aliphatic rings. The number of rotatable bonds is 6. The third-order valence-electron chi connectivity index (χ3n) is 8.23. The maximum atomic E-state index is 13.4. The SMILES string of the molecule is CC(C)C(=O)N[C@H]1C(C)(C)[C@@H]2C[C@@H]3[C@@H](CCNC(=O)c4cccc(F)c4)OCC[C@@]31C2. The monoisotopic (exact) mass is 430 g/mol. The molecule has 1 aromatic carbocycles. The van der Waals surface area contributed by atoms with Crippen molar-refractivity contribution < 1.29 is 18.7 Å². The Morgan fingerprint density at radius 3 is 2.77 bits per heavy atom. The first-order chi connectivity index (χ1) is 14.6. The summed E-state index contributed by atoms with van der Waals surface area (Å²) in [6, 6.07) is 5.90. The number of hydrogen-bond donors (Lipinski definition) is 2. The van der Waals surface area contributed by atoms with Crippen molar-refractivity contribution in [3.63, 3.8) is 0 Å². The molecule has 1 aromatic rings. The number of nitrogens with one attached hydrogen (secondary N) is 2. The third-order valence-corrected chi connectivity index (χ3v) is 8.23. The predicted molar refractivity (Wildman–Crippen MR) is 117 cm³/mol. The molecule has 5 atom stereocenters. The van der Waals surface area contributed by atoms with Gasteiger partial charge in [-0.15, -0.1) is 0 Å². The zero-order valence-corrected chi connectivity index (χ0v) is 19.0. The highest BCUT2D eigenvalue weighted by Crippen LogP contribution is 2.68. The van der Waals surface area contributed by atoms with Crippen LogP contribution in [0.25, 0.3) is 0 Å².